The van der Waals surface area contributed by atoms with Gasteiger partial charge in [0, 0.05) is 20.1 Å². The molecule has 0 amide bonds. The van der Waals surface area contributed by atoms with Crippen LogP contribution in [0.15, 0.2) is 36.5 Å². The summed E-state index contributed by atoms with van der Waals surface area (Å²) in [7, 11) is 3.50. The Labute approximate surface area is 161 Å². The SMILES string of the molecule is C=C/C(=C\C=C/C)C1(c2nnc(N3CCC(C)(C(=O)OC)CC3)n2C)CC1. The molecule has 3 rings (SSSR count). The minimum absolute atomic E-state index is 0.0718. The second-order valence-electron chi connectivity index (χ2n) is 7.86. The van der Waals surface area contributed by atoms with Crippen molar-refractivity contribution in [3.05, 3.63) is 42.3 Å². The van der Waals surface area contributed by atoms with E-state index in [-0.39, 0.29) is 11.4 Å². The van der Waals surface area contributed by atoms with Crippen LogP contribution in [0.5, 0.6) is 0 Å². The molecule has 1 aromatic rings. The summed E-state index contributed by atoms with van der Waals surface area (Å²) in [5, 5.41) is 9.06. The minimum Gasteiger partial charge on any atom is -0.469 e. The van der Waals surface area contributed by atoms with E-state index >= 15 is 0 Å². The van der Waals surface area contributed by atoms with E-state index in [4.69, 9.17) is 4.74 Å². The van der Waals surface area contributed by atoms with E-state index < -0.39 is 5.41 Å². The number of nitrogens with zero attached hydrogens (tertiary/aromatic N) is 4. The van der Waals surface area contributed by atoms with Crippen LogP contribution in [0, 0.1) is 5.41 Å². The Morgan fingerprint density at radius 3 is 2.41 bits per heavy atom. The van der Waals surface area contributed by atoms with E-state index in [1.807, 2.05) is 39.1 Å². The number of allylic oxidation sites excluding steroid dienone is 5. The maximum absolute atomic E-state index is 12.0. The first kappa shape index (κ1) is 19.4. The summed E-state index contributed by atoms with van der Waals surface area (Å²) >= 11 is 0. The molecule has 0 aromatic carbocycles. The van der Waals surface area contributed by atoms with Crippen molar-refractivity contribution in [3.63, 3.8) is 0 Å². The average Bonchev–Trinajstić information content (AvgIpc) is 3.38. The molecular weight excluding hydrogens is 340 g/mol. The third-order valence-electron chi connectivity index (χ3n) is 6.10. The second kappa shape index (κ2) is 7.33. The number of ether oxygens (including phenoxy) is 1. The molecule has 6 heteroatoms. The van der Waals surface area contributed by atoms with E-state index in [2.05, 4.69) is 32.3 Å². The molecule has 0 spiro atoms. The Balaban J connectivity index is 1.81. The minimum atomic E-state index is -0.407. The van der Waals surface area contributed by atoms with Gasteiger partial charge in [0.25, 0.3) is 0 Å². The lowest BCUT2D eigenvalue weighted by atomic mass is 9.80. The number of hydrogen-bond donors (Lipinski definition) is 0. The summed E-state index contributed by atoms with van der Waals surface area (Å²) in [5.74, 6) is 1.74. The molecule has 2 heterocycles. The number of esters is 1. The van der Waals surface area contributed by atoms with Gasteiger partial charge in [0.2, 0.25) is 5.95 Å². The van der Waals surface area contributed by atoms with Gasteiger partial charge >= 0.3 is 5.97 Å². The molecule has 0 unspecified atom stereocenters. The van der Waals surface area contributed by atoms with Crippen molar-refractivity contribution in [2.45, 2.75) is 44.9 Å². The number of piperidine rings is 1. The van der Waals surface area contributed by atoms with Gasteiger partial charge in [-0.2, -0.15) is 0 Å². The van der Waals surface area contributed by atoms with Crippen LogP contribution in [0.25, 0.3) is 0 Å². The molecule has 1 aliphatic heterocycles. The number of methoxy groups -OCH3 is 1. The first-order valence-electron chi connectivity index (χ1n) is 9.61. The van der Waals surface area contributed by atoms with Gasteiger partial charge in [-0.3, -0.25) is 9.36 Å². The molecule has 27 heavy (non-hydrogen) atoms. The predicted molar refractivity (Wildman–Crippen MR) is 107 cm³/mol. The molecule has 2 aliphatic rings. The van der Waals surface area contributed by atoms with Crippen LogP contribution in [-0.2, 0) is 22.0 Å². The zero-order valence-electron chi connectivity index (χ0n) is 16.9. The van der Waals surface area contributed by atoms with Crippen molar-refractivity contribution >= 4 is 11.9 Å². The van der Waals surface area contributed by atoms with Gasteiger partial charge in [0.05, 0.1) is 17.9 Å². The molecule has 0 N–H and O–H groups in total. The quantitative estimate of drug-likeness (QED) is 0.568. The molecule has 1 aliphatic carbocycles. The fraction of sp³-hybridized carbons (Fsp3) is 0.571. The summed E-state index contributed by atoms with van der Waals surface area (Å²) in [6.45, 7) is 9.54. The topological polar surface area (TPSA) is 60.3 Å². The second-order valence-corrected chi connectivity index (χ2v) is 7.86. The molecule has 0 bridgehead atoms. The lowest BCUT2D eigenvalue weighted by Crippen LogP contribution is -2.44. The van der Waals surface area contributed by atoms with E-state index in [1.165, 1.54) is 12.7 Å². The zero-order valence-corrected chi connectivity index (χ0v) is 16.9. The van der Waals surface area contributed by atoms with Crippen LogP contribution < -0.4 is 4.90 Å². The van der Waals surface area contributed by atoms with Crippen molar-refractivity contribution in [2.75, 3.05) is 25.1 Å². The van der Waals surface area contributed by atoms with E-state index in [1.54, 1.807) is 0 Å². The van der Waals surface area contributed by atoms with Crippen LogP contribution in [0.1, 0.15) is 45.4 Å². The highest BCUT2D eigenvalue weighted by Gasteiger charge is 2.50. The first-order chi connectivity index (χ1) is 12.9. The summed E-state index contributed by atoms with van der Waals surface area (Å²) < 4.78 is 7.09. The molecule has 0 radical (unpaired) electrons. The number of hydrogen-bond acceptors (Lipinski definition) is 5. The van der Waals surface area contributed by atoms with Crippen molar-refractivity contribution in [2.24, 2.45) is 12.5 Å². The molecule has 6 nitrogen and oxygen atoms in total. The zero-order chi connectivity index (χ0) is 19.7. The Bertz CT molecular complexity index is 778. The maximum Gasteiger partial charge on any atom is 0.311 e. The standard InChI is InChI=1S/C21H30N4O2/c1-6-8-9-16(7-2)21(10-11-21)17-22-23-19(24(17)4)25-14-12-20(3,13-15-25)18(26)27-5/h6-9H,2,10-15H2,1,3-5H3/b8-6-,16-9+. The lowest BCUT2D eigenvalue weighted by molar-refractivity contribution is -0.152. The van der Waals surface area contributed by atoms with Gasteiger partial charge in [-0.25, -0.2) is 0 Å². The van der Waals surface area contributed by atoms with Gasteiger partial charge in [-0.05, 0) is 45.1 Å². The van der Waals surface area contributed by atoms with Gasteiger partial charge in [-0.1, -0.05) is 30.9 Å². The highest BCUT2D eigenvalue weighted by molar-refractivity contribution is 5.76. The Morgan fingerprint density at radius 2 is 1.89 bits per heavy atom. The molecule has 1 aromatic heterocycles. The number of aromatic nitrogens is 3. The van der Waals surface area contributed by atoms with E-state index in [0.717, 1.165) is 50.5 Å². The first-order valence-corrected chi connectivity index (χ1v) is 9.61. The Hall–Kier alpha value is -2.37. The summed E-state index contributed by atoms with van der Waals surface area (Å²) in [5.41, 5.74) is 0.715. The molecule has 2 fully saturated rings. The predicted octanol–water partition coefficient (Wildman–Crippen LogP) is 3.31. The van der Waals surface area contributed by atoms with Crippen LogP contribution >= 0.6 is 0 Å². The monoisotopic (exact) mass is 370 g/mol. The summed E-state index contributed by atoms with van der Waals surface area (Å²) in [6.07, 6.45) is 11.8. The van der Waals surface area contributed by atoms with Crippen molar-refractivity contribution < 1.29 is 9.53 Å². The van der Waals surface area contributed by atoms with Crippen LogP contribution in [0.4, 0.5) is 5.95 Å². The summed E-state index contributed by atoms with van der Waals surface area (Å²) in [4.78, 5) is 14.3. The van der Waals surface area contributed by atoms with E-state index in [9.17, 15) is 4.79 Å². The van der Waals surface area contributed by atoms with Gasteiger partial charge in [0.1, 0.15) is 5.82 Å². The molecular formula is C21H30N4O2. The van der Waals surface area contributed by atoms with Gasteiger partial charge in [0.15, 0.2) is 0 Å². The van der Waals surface area contributed by atoms with Crippen LogP contribution in [0.3, 0.4) is 0 Å². The van der Waals surface area contributed by atoms with Crippen molar-refractivity contribution in [3.8, 4) is 0 Å². The number of carbonyl (C=O) groups excluding carboxylic acids is 1. The van der Waals surface area contributed by atoms with Crippen LogP contribution in [-0.4, -0.2) is 40.9 Å². The number of anilines is 1. The number of carbonyl (C=O) groups is 1. The van der Waals surface area contributed by atoms with Crippen molar-refractivity contribution in [1.29, 1.82) is 0 Å². The fourth-order valence-electron chi connectivity index (χ4n) is 4.05. The van der Waals surface area contributed by atoms with Gasteiger partial charge in [-0.15, -0.1) is 10.2 Å². The molecule has 146 valence electrons. The number of rotatable bonds is 6. The van der Waals surface area contributed by atoms with Gasteiger partial charge < -0.3 is 9.64 Å². The molecule has 1 saturated heterocycles. The maximum atomic E-state index is 12.0. The normalized spacial score (nSPS) is 21.3. The van der Waals surface area contributed by atoms with Crippen molar-refractivity contribution in [1.82, 2.24) is 14.8 Å². The third-order valence-corrected chi connectivity index (χ3v) is 6.10. The largest absolute Gasteiger partial charge is 0.469 e. The Morgan fingerprint density at radius 1 is 1.22 bits per heavy atom. The molecule has 1 saturated carbocycles. The van der Waals surface area contributed by atoms with Crippen LogP contribution in [0.2, 0.25) is 0 Å². The Kier molecular flexibility index (Phi) is 5.27. The highest BCUT2D eigenvalue weighted by atomic mass is 16.5. The highest BCUT2D eigenvalue weighted by Crippen LogP contribution is 2.53. The lowest BCUT2D eigenvalue weighted by Gasteiger charge is -2.37. The molecule has 0 atom stereocenters. The third kappa shape index (κ3) is 3.33. The summed E-state index contributed by atoms with van der Waals surface area (Å²) in [6, 6.07) is 0. The van der Waals surface area contributed by atoms with E-state index in [0.29, 0.717) is 0 Å². The smallest absolute Gasteiger partial charge is 0.311 e. The fourth-order valence-corrected chi connectivity index (χ4v) is 4.05. The average molecular weight is 370 g/mol.